The van der Waals surface area contributed by atoms with Crippen LogP contribution in [0.1, 0.15) is 11.1 Å². The zero-order chi connectivity index (χ0) is 15.0. The van der Waals surface area contributed by atoms with Crippen LogP contribution in [0.5, 0.6) is 0 Å². The Hall–Kier alpha value is -1.13. The maximum Gasteiger partial charge on any atom is 0.465 e. The molecule has 0 bridgehead atoms. The van der Waals surface area contributed by atoms with Gasteiger partial charge in [0.2, 0.25) is 0 Å². The lowest BCUT2D eigenvalue weighted by Gasteiger charge is -2.21. The molecule has 1 fully saturated rings. The Labute approximate surface area is 110 Å². The minimum absolute atomic E-state index is 0.0241. The third kappa shape index (κ3) is 3.50. The fraction of sp³-hybridized carbons (Fsp3) is 0.250. The van der Waals surface area contributed by atoms with Gasteiger partial charge in [0.1, 0.15) is 0 Å². The van der Waals surface area contributed by atoms with Crippen LogP contribution in [0.25, 0.3) is 0 Å². The number of halogens is 6. The van der Waals surface area contributed by atoms with Crippen LogP contribution in [0.3, 0.4) is 0 Å². The van der Waals surface area contributed by atoms with Crippen LogP contribution < -0.4 is 5.46 Å². The fourth-order valence-corrected chi connectivity index (χ4v) is 1.49. The van der Waals surface area contributed by atoms with Crippen molar-refractivity contribution in [1.29, 1.82) is 0 Å². The summed E-state index contributed by atoms with van der Waals surface area (Å²) in [4.78, 5) is 0. The van der Waals surface area contributed by atoms with Gasteiger partial charge in [0.05, 0.1) is 11.1 Å². The highest BCUT2D eigenvalue weighted by molar-refractivity contribution is 6.71. The van der Waals surface area contributed by atoms with Gasteiger partial charge in [-0.1, -0.05) is 12.1 Å². The van der Waals surface area contributed by atoms with Gasteiger partial charge in [-0.15, -0.1) is 0 Å². The molecule has 2 rings (SSSR count). The van der Waals surface area contributed by atoms with Crippen molar-refractivity contribution in [3.63, 3.8) is 0 Å². The van der Waals surface area contributed by atoms with Gasteiger partial charge in [0.15, 0.2) is 0 Å². The predicted molar refractivity (Wildman–Crippen MR) is 56.6 cm³/mol. The van der Waals surface area contributed by atoms with Gasteiger partial charge in [-0.3, -0.25) is 0 Å². The van der Waals surface area contributed by atoms with Crippen LogP contribution in [0, 0.1) is 0 Å². The number of rotatable bonds is 1. The first-order chi connectivity index (χ1) is 9.18. The van der Waals surface area contributed by atoms with Crippen molar-refractivity contribution < 1.29 is 40.1 Å². The lowest BCUT2D eigenvalue weighted by molar-refractivity contribution is -0.142. The van der Waals surface area contributed by atoms with E-state index < -0.39 is 36.1 Å². The maximum absolute atomic E-state index is 12.6. The molecule has 12 heteroatoms. The standard InChI is InChI=1S/C8H3B3F6O3/c12-7(13,14)4-1-5(8(15,16)17)3-6(2-4)11-19-9-18-10-20-11/h1-3H. The molecule has 1 heterocycles. The molecular formula is C8H3B3F6O3. The number of benzene rings is 1. The Balaban J connectivity index is 2.45. The van der Waals surface area contributed by atoms with Gasteiger partial charge in [0, 0.05) is 0 Å². The van der Waals surface area contributed by atoms with Crippen molar-refractivity contribution in [3.05, 3.63) is 29.3 Å². The smallest absolute Gasteiger partial charge is 0.457 e. The van der Waals surface area contributed by atoms with Gasteiger partial charge in [-0.25, -0.2) is 0 Å². The summed E-state index contributed by atoms with van der Waals surface area (Å²) in [6.45, 7) is 0. The maximum atomic E-state index is 12.6. The van der Waals surface area contributed by atoms with E-state index in [1.54, 1.807) is 0 Å². The van der Waals surface area contributed by atoms with E-state index >= 15 is 0 Å². The second-order valence-electron chi connectivity index (χ2n) is 3.77. The van der Waals surface area contributed by atoms with Crippen LogP contribution in [-0.2, 0) is 26.1 Å². The van der Waals surface area contributed by atoms with E-state index in [2.05, 4.69) is 13.7 Å². The molecule has 2 radical (unpaired) electrons. The van der Waals surface area contributed by atoms with E-state index in [-0.39, 0.29) is 6.07 Å². The molecule has 1 aromatic rings. The summed E-state index contributed by atoms with van der Waals surface area (Å²) in [6, 6.07) is 1.07. The first-order valence-electron chi connectivity index (χ1n) is 5.07. The van der Waals surface area contributed by atoms with E-state index in [1.165, 1.54) is 0 Å². The minimum atomic E-state index is -4.92. The summed E-state index contributed by atoms with van der Waals surface area (Å²) in [5, 5.41) is 0. The third-order valence-electron chi connectivity index (χ3n) is 2.35. The van der Waals surface area contributed by atoms with Gasteiger partial charge < -0.3 is 13.7 Å². The second-order valence-corrected chi connectivity index (χ2v) is 3.77. The molecule has 1 aromatic carbocycles. The highest BCUT2D eigenvalue weighted by Crippen LogP contribution is 2.34. The first-order valence-corrected chi connectivity index (χ1v) is 5.07. The largest absolute Gasteiger partial charge is 0.465 e. The van der Waals surface area contributed by atoms with Crippen LogP contribution >= 0.6 is 0 Å². The van der Waals surface area contributed by atoms with E-state index in [4.69, 9.17) is 0 Å². The Kier molecular flexibility index (Phi) is 4.08. The fourth-order valence-electron chi connectivity index (χ4n) is 1.49. The molecule has 104 valence electrons. The summed E-state index contributed by atoms with van der Waals surface area (Å²) in [5.41, 5.74) is -3.31. The zero-order valence-corrected chi connectivity index (χ0v) is 9.46. The van der Waals surface area contributed by atoms with Crippen molar-refractivity contribution in [1.82, 2.24) is 0 Å². The Morgan fingerprint density at radius 3 is 1.65 bits per heavy atom. The quantitative estimate of drug-likeness (QED) is 0.581. The average Bonchev–Trinajstić information content (AvgIpc) is 2.37. The third-order valence-corrected chi connectivity index (χ3v) is 2.35. The van der Waals surface area contributed by atoms with Crippen LogP contribution in [-0.4, -0.2) is 22.5 Å². The lowest BCUT2D eigenvalue weighted by atomic mass is 9.74. The topological polar surface area (TPSA) is 27.7 Å². The molecule has 0 aromatic heterocycles. The SMILES string of the molecule is FC(F)(F)c1cc(B2O[B]O[B]O2)cc(C(F)(F)F)c1. The zero-order valence-electron chi connectivity index (χ0n) is 9.46. The van der Waals surface area contributed by atoms with Crippen molar-refractivity contribution in [2.45, 2.75) is 12.4 Å². The molecule has 1 saturated heterocycles. The van der Waals surface area contributed by atoms with E-state index in [0.717, 1.165) is 15.4 Å². The Morgan fingerprint density at radius 1 is 0.800 bits per heavy atom. The second kappa shape index (κ2) is 5.34. The van der Waals surface area contributed by atoms with Gasteiger partial charge in [0.25, 0.3) is 0 Å². The highest BCUT2D eigenvalue weighted by atomic mass is 19.4. The monoisotopic (exact) mass is 294 g/mol. The Morgan fingerprint density at radius 2 is 1.25 bits per heavy atom. The number of hydrogen-bond donors (Lipinski definition) is 0. The summed E-state index contributed by atoms with van der Waals surface area (Å²) >= 11 is 0. The van der Waals surface area contributed by atoms with Gasteiger partial charge >= 0.3 is 34.8 Å². The predicted octanol–water partition coefficient (Wildman–Crippen LogP) is 1.55. The first kappa shape index (κ1) is 15.3. The van der Waals surface area contributed by atoms with Crippen molar-refractivity contribution >= 4 is 28.0 Å². The minimum Gasteiger partial charge on any atom is -0.457 e. The Bertz CT molecular complexity index is 453. The van der Waals surface area contributed by atoms with Gasteiger partial charge in [-0.2, -0.15) is 26.3 Å². The molecule has 0 amide bonds. The molecule has 0 saturated carbocycles. The number of hydrogen-bond acceptors (Lipinski definition) is 3. The normalized spacial score (nSPS) is 16.6. The van der Waals surface area contributed by atoms with E-state index in [1.807, 2.05) is 0 Å². The summed E-state index contributed by atoms with van der Waals surface area (Å²) in [6.07, 6.45) is -9.84. The van der Waals surface area contributed by atoms with Crippen LogP contribution in [0.2, 0.25) is 0 Å². The van der Waals surface area contributed by atoms with Gasteiger partial charge in [-0.05, 0) is 11.5 Å². The molecule has 0 atom stereocenters. The van der Waals surface area contributed by atoms with E-state index in [0.29, 0.717) is 12.1 Å². The van der Waals surface area contributed by atoms with Crippen molar-refractivity contribution in [2.75, 3.05) is 0 Å². The van der Waals surface area contributed by atoms with E-state index in [9.17, 15) is 26.3 Å². The molecule has 0 spiro atoms. The van der Waals surface area contributed by atoms with Crippen molar-refractivity contribution in [3.8, 4) is 0 Å². The van der Waals surface area contributed by atoms with Crippen LogP contribution in [0.15, 0.2) is 18.2 Å². The summed E-state index contributed by atoms with van der Waals surface area (Å²) in [7, 11) is 0.0378. The summed E-state index contributed by atoms with van der Waals surface area (Å²) in [5.74, 6) is 0. The molecule has 0 aliphatic carbocycles. The molecule has 0 N–H and O–H groups in total. The molecule has 0 unspecified atom stereocenters. The summed E-state index contributed by atoms with van der Waals surface area (Å²) < 4.78 is 89.4. The molecule has 1 aliphatic heterocycles. The number of alkyl halides is 6. The van der Waals surface area contributed by atoms with Crippen molar-refractivity contribution in [2.24, 2.45) is 0 Å². The molecule has 3 nitrogen and oxygen atoms in total. The van der Waals surface area contributed by atoms with Crippen LogP contribution in [0.4, 0.5) is 26.3 Å². The highest BCUT2D eigenvalue weighted by Gasteiger charge is 2.39. The molecule has 20 heavy (non-hydrogen) atoms. The average molecular weight is 294 g/mol. The molecule has 1 aliphatic rings. The molecular weight excluding hydrogens is 291 g/mol. The lowest BCUT2D eigenvalue weighted by Crippen LogP contribution is -2.45.